The first kappa shape index (κ1) is 17.1. The molecule has 1 aliphatic heterocycles. The Balaban J connectivity index is 1.75. The molecule has 132 valence electrons. The van der Waals surface area contributed by atoms with Crippen LogP contribution in [-0.4, -0.2) is 53.0 Å². The molecule has 0 saturated carbocycles. The number of carbonyl (C=O) groups is 1. The van der Waals surface area contributed by atoms with Crippen LogP contribution >= 0.6 is 0 Å². The Morgan fingerprint density at radius 3 is 2.64 bits per heavy atom. The molecule has 0 aromatic carbocycles. The lowest BCUT2D eigenvalue weighted by atomic mass is 10.1. The number of piperidine rings is 1. The number of nitrogens with one attached hydrogen (secondary N) is 1. The molecule has 3 heterocycles. The van der Waals surface area contributed by atoms with Crippen LogP contribution in [0.4, 0.5) is 11.9 Å². The van der Waals surface area contributed by atoms with Crippen molar-refractivity contribution < 1.29 is 4.79 Å². The number of nitrogens with zero attached hydrogens (tertiary/aromatic N) is 6. The maximum absolute atomic E-state index is 12.2. The average Bonchev–Trinajstić information content (AvgIpc) is 2.67. The molecule has 1 N–H and O–H groups in total. The van der Waals surface area contributed by atoms with E-state index >= 15 is 0 Å². The van der Waals surface area contributed by atoms with Crippen molar-refractivity contribution >= 4 is 17.8 Å². The van der Waals surface area contributed by atoms with Gasteiger partial charge in [0.05, 0.1) is 6.54 Å². The molecule has 0 radical (unpaired) electrons. The summed E-state index contributed by atoms with van der Waals surface area (Å²) in [7, 11) is 3.79. The fraction of sp³-hybridized carbons (Fsp3) is 0.471. The van der Waals surface area contributed by atoms with Gasteiger partial charge in [0.2, 0.25) is 11.9 Å². The minimum absolute atomic E-state index is 0.236. The van der Waals surface area contributed by atoms with E-state index in [2.05, 4.69) is 30.2 Å². The van der Waals surface area contributed by atoms with Crippen molar-refractivity contribution in [1.29, 1.82) is 0 Å². The molecule has 0 bridgehead atoms. The van der Waals surface area contributed by atoms with Gasteiger partial charge in [0.25, 0.3) is 5.91 Å². The Morgan fingerprint density at radius 1 is 1.16 bits per heavy atom. The fourth-order valence-corrected chi connectivity index (χ4v) is 2.66. The standard InChI is InChI=1S/C17H23N7O/c1-23(2)16-20-14(12-19-15(25)13-8-4-5-9-18-13)21-17(22-16)24-10-6-3-7-11-24/h4-5,8-9H,3,6-7,10-12H2,1-2H3,(H,19,25). The fourth-order valence-electron chi connectivity index (χ4n) is 2.66. The second kappa shape index (κ2) is 7.87. The van der Waals surface area contributed by atoms with Crippen LogP contribution in [0.2, 0.25) is 0 Å². The van der Waals surface area contributed by atoms with Gasteiger partial charge in [-0.2, -0.15) is 15.0 Å². The SMILES string of the molecule is CN(C)c1nc(CNC(=O)c2ccccn2)nc(N2CCCCC2)n1. The molecule has 0 spiro atoms. The summed E-state index contributed by atoms with van der Waals surface area (Å²) in [6, 6.07) is 5.23. The van der Waals surface area contributed by atoms with E-state index in [4.69, 9.17) is 0 Å². The Labute approximate surface area is 147 Å². The minimum atomic E-state index is -0.244. The lowest BCUT2D eigenvalue weighted by molar-refractivity contribution is 0.0945. The van der Waals surface area contributed by atoms with Gasteiger partial charge in [-0.3, -0.25) is 9.78 Å². The van der Waals surface area contributed by atoms with E-state index in [-0.39, 0.29) is 12.5 Å². The highest BCUT2D eigenvalue weighted by Crippen LogP contribution is 2.17. The van der Waals surface area contributed by atoms with Crippen molar-refractivity contribution in [2.24, 2.45) is 0 Å². The van der Waals surface area contributed by atoms with Crippen LogP contribution in [0.3, 0.4) is 0 Å². The number of anilines is 2. The topological polar surface area (TPSA) is 87.1 Å². The summed E-state index contributed by atoms with van der Waals surface area (Å²) in [6.07, 6.45) is 5.13. The van der Waals surface area contributed by atoms with Gasteiger partial charge in [-0.05, 0) is 31.4 Å². The lowest BCUT2D eigenvalue weighted by Gasteiger charge is -2.27. The van der Waals surface area contributed by atoms with E-state index < -0.39 is 0 Å². The van der Waals surface area contributed by atoms with E-state index in [9.17, 15) is 4.79 Å². The van der Waals surface area contributed by atoms with E-state index in [0.29, 0.717) is 23.4 Å². The molecular weight excluding hydrogens is 318 g/mol. The van der Waals surface area contributed by atoms with Gasteiger partial charge in [0, 0.05) is 33.4 Å². The smallest absolute Gasteiger partial charge is 0.270 e. The predicted octanol–water partition coefficient (Wildman–Crippen LogP) is 1.25. The molecule has 8 nitrogen and oxygen atoms in total. The zero-order chi connectivity index (χ0) is 17.6. The molecule has 8 heteroatoms. The van der Waals surface area contributed by atoms with Crippen molar-refractivity contribution in [2.75, 3.05) is 37.0 Å². The number of amides is 1. The first-order chi connectivity index (χ1) is 12.1. The van der Waals surface area contributed by atoms with E-state index in [1.807, 2.05) is 19.0 Å². The van der Waals surface area contributed by atoms with Crippen molar-refractivity contribution in [2.45, 2.75) is 25.8 Å². The third-order valence-electron chi connectivity index (χ3n) is 4.00. The van der Waals surface area contributed by atoms with Crippen molar-refractivity contribution in [3.8, 4) is 0 Å². The van der Waals surface area contributed by atoms with Crippen LogP contribution in [0.1, 0.15) is 35.6 Å². The summed E-state index contributed by atoms with van der Waals surface area (Å²) in [4.78, 5) is 33.8. The first-order valence-corrected chi connectivity index (χ1v) is 8.50. The van der Waals surface area contributed by atoms with Gasteiger partial charge in [0.1, 0.15) is 5.69 Å². The van der Waals surface area contributed by atoms with Crippen LogP contribution in [0.25, 0.3) is 0 Å². The average molecular weight is 341 g/mol. The van der Waals surface area contributed by atoms with Crippen molar-refractivity contribution in [3.63, 3.8) is 0 Å². The number of aromatic nitrogens is 4. The molecule has 3 rings (SSSR count). The minimum Gasteiger partial charge on any atom is -0.347 e. The maximum Gasteiger partial charge on any atom is 0.270 e. The van der Waals surface area contributed by atoms with E-state index in [1.54, 1.807) is 24.4 Å². The largest absolute Gasteiger partial charge is 0.347 e. The van der Waals surface area contributed by atoms with Crippen LogP contribution in [0.15, 0.2) is 24.4 Å². The summed E-state index contributed by atoms with van der Waals surface area (Å²) >= 11 is 0. The highest BCUT2D eigenvalue weighted by atomic mass is 16.1. The molecule has 1 amide bonds. The van der Waals surface area contributed by atoms with Crippen molar-refractivity contribution in [1.82, 2.24) is 25.3 Å². The molecule has 1 aliphatic rings. The van der Waals surface area contributed by atoms with Gasteiger partial charge >= 0.3 is 0 Å². The normalized spacial score (nSPS) is 14.2. The molecule has 1 fully saturated rings. The second-order valence-corrected chi connectivity index (χ2v) is 6.19. The molecule has 25 heavy (non-hydrogen) atoms. The Morgan fingerprint density at radius 2 is 1.96 bits per heavy atom. The molecule has 0 aliphatic carbocycles. The molecule has 2 aromatic rings. The van der Waals surface area contributed by atoms with Gasteiger partial charge in [0.15, 0.2) is 5.82 Å². The zero-order valence-corrected chi connectivity index (χ0v) is 14.6. The summed E-state index contributed by atoms with van der Waals surface area (Å²) in [5.41, 5.74) is 0.376. The van der Waals surface area contributed by atoms with Gasteiger partial charge in [-0.1, -0.05) is 6.07 Å². The van der Waals surface area contributed by atoms with Crippen LogP contribution in [0.5, 0.6) is 0 Å². The summed E-state index contributed by atoms with van der Waals surface area (Å²) in [6.45, 7) is 2.15. The number of carbonyl (C=O) groups excluding carboxylic acids is 1. The first-order valence-electron chi connectivity index (χ1n) is 8.50. The third kappa shape index (κ3) is 4.40. The molecule has 0 atom stereocenters. The quantitative estimate of drug-likeness (QED) is 0.876. The van der Waals surface area contributed by atoms with Gasteiger partial charge < -0.3 is 15.1 Å². The molecule has 0 unspecified atom stereocenters. The highest BCUT2D eigenvalue weighted by molar-refractivity contribution is 5.92. The summed E-state index contributed by atoms with van der Waals surface area (Å²) in [5, 5.41) is 2.82. The molecular formula is C17H23N7O. The second-order valence-electron chi connectivity index (χ2n) is 6.19. The van der Waals surface area contributed by atoms with E-state index in [1.165, 1.54) is 6.42 Å². The van der Waals surface area contributed by atoms with Gasteiger partial charge in [-0.25, -0.2) is 0 Å². The number of rotatable bonds is 5. The maximum atomic E-state index is 12.2. The number of hydrogen-bond acceptors (Lipinski definition) is 7. The Bertz CT molecular complexity index is 714. The Hall–Kier alpha value is -2.77. The van der Waals surface area contributed by atoms with Crippen LogP contribution in [-0.2, 0) is 6.54 Å². The highest BCUT2D eigenvalue weighted by Gasteiger charge is 2.17. The third-order valence-corrected chi connectivity index (χ3v) is 4.00. The number of hydrogen-bond donors (Lipinski definition) is 1. The Kier molecular flexibility index (Phi) is 5.37. The number of pyridine rings is 1. The van der Waals surface area contributed by atoms with Gasteiger partial charge in [-0.15, -0.1) is 0 Å². The zero-order valence-electron chi connectivity index (χ0n) is 14.6. The molecule has 1 saturated heterocycles. The summed E-state index contributed by atoms with van der Waals surface area (Å²) < 4.78 is 0. The van der Waals surface area contributed by atoms with Crippen LogP contribution in [0, 0.1) is 0 Å². The van der Waals surface area contributed by atoms with Crippen LogP contribution < -0.4 is 15.1 Å². The monoisotopic (exact) mass is 341 g/mol. The lowest BCUT2D eigenvalue weighted by Crippen LogP contribution is -2.33. The van der Waals surface area contributed by atoms with E-state index in [0.717, 1.165) is 25.9 Å². The predicted molar refractivity (Wildman–Crippen MR) is 95.6 cm³/mol. The summed E-state index contributed by atoms with van der Waals surface area (Å²) in [5.74, 6) is 1.58. The van der Waals surface area contributed by atoms with Crippen molar-refractivity contribution in [3.05, 3.63) is 35.9 Å². The molecule has 2 aromatic heterocycles.